The third-order valence-corrected chi connectivity index (χ3v) is 5.46. The monoisotopic (exact) mass is 375 g/mol. The minimum absolute atomic E-state index is 0.0316. The van der Waals surface area contributed by atoms with Gasteiger partial charge in [-0.15, -0.1) is 0 Å². The lowest BCUT2D eigenvalue weighted by atomic mass is 10.1. The maximum atomic E-state index is 12.1. The number of anilines is 1. The molecule has 6 nitrogen and oxygen atoms in total. The van der Waals surface area contributed by atoms with Gasteiger partial charge in [0.1, 0.15) is 11.5 Å². The van der Waals surface area contributed by atoms with Crippen LogP contribution in [0.5, 0.6) is 11.5 Å². The van der Waals surface area contributed by atoms with Crippen LogP contribution in [0.3, 0.4) is 0 Å². The van der Waals surface area contributed by atoms with Gasteiger partial charge in [0, 0.05) is 17.3 Å². The van der Waals surface area contributed by atoms with Gasteiger partial charge < -0.3 is 14.8 Å². The van der Waals surface area contributed by atoms with Crippen LogP contribution >= 0.6 is 0 Å². The van der Waals surface area contributed by atoms with Gasteiger partial charge in [0.2, 0.25) is 5.91 Å². The molecule has 0 radical (unpaired) electrons. The van der Waals surface area contributed by atoms with Gasteiger partial charge in [-0.2, -0.15) is 0 Å². The Hall–Kier alpha value is -2.80. The van der Waals surface area contributed by atoms with Crippen molar-refractivity contribution in [3.05, 3.63) is 54.1 Å². The van der Waals surface area contributed by atoms with Crippen LogP contribution in [0.4, 0.5) is 5.69 Å². The summed E-state index contributed by atoms with van der Waals surface area (Å²) in [4.78, 5) is 12.3. The molecule has 1 N–H and O–H groups in total. The molecule has 0 heterocycles. The molecule has 0 atom stereocenters. The second-order valence-corrected chi connectivity index (χ2v) is 7.64. The van der Waals surface area contributed by atoms with E-state index in [9.17, 15) is 13.2 Å². The van der Waals surface area contributed by atoms with Crippen LogP contribution in [0, 0.1) is 0 Å². The summed E-state index contributed by atoms with van der Waals surface area (Å²) in [7, 11) is -0.150. The van der Waals surface area contributed by atoms with E-state index in [-0.39, 0.29) is 16.6 Å². The minimum atomic E-state index is -3.26. The molecule has 2 aromatic carbocycles. The van der Waals surface area contributed by atoms with E-state index >= 15 is 0 Å². The van der Waals surface area contributed by atoms with Crippen LogP contribution in [0.15, 0.2) is 53.4 Å². The van der Waals surface area contributed by atoms with Crippen molar-refractivity contribution in [3.63, 3.8) is 0 Å². The number of carbonyl (C=O) groups excluding carboxylic acids is 1. The number of sulfone groups is 1. The summed E-state index contributed by atoms with van der Waals surface area (Å²) >= 11 is 0. The number of hydrogen-bond donors (Lipinski definition) is 1. The Morgan fingerprint density at radius 1 is 1.08 bits per heavy atom. The number of nitrogens with one attached hydrogen (secondary N) is 1. The lowest BCUT2D eigenvalue weighted by molar-refractivity contribution is -0.111. The van der Waals surface area contributed by atoms with E-state index in [2.05, 4.69) is 5.32 Å². The van der Waals surface area contributed by atoms with Gasteiger partial charge in [-0.05, 0) is 48.5 Å². The summed E-state index contributed by atoms with van der Waals surface area (Å²) in [5, 5.41) is 2.68. The van der Waals surface area contributed by atoms with Crippen LogP contribution in [-0.2, 0) is 14.6 Å². The van der Waals surface area contributed by atoms with Crippen molar-refractivity contribution in [3.8, 4) is 11.5 Å². The number of methoxy groups -OCH3 is 2. The Labute approximate surface area is 153 Å². The van der Waals surface area contributed by atoms with Crippen molar-refractivity contribution in [2.24, 2.45) is 0 Å². The van der Waals surface area contributed by atoms with E-state index < -0.39 is 9.84 Å². The van der Waals surface area contributed by atoms with Gasteiger partial charge in [0.25, 0.3) is 0 Å². The molecule has 0 saturated carbocycles. The number of amides is 1. The molecule has 26 heavy (non-hydrogen) atoms. The smallest absolute Gasteiger partial charge is 0.248 e. The zero-order valence-corrected chi connectivity index (χ0v) is 15.7. The highest BCUT2D eigenvalue weighted by molar-refractivity contribution is 7.91. The number of hydrogen-bond acceptors (Lipinski definition) is 5. The second-order valence-electron chi connectivity index (χ2n) is 5.36. The Balaban J connectivity index is 2.10. The fourth-order valence-electron chi connectivity index (χ4n) is 2.23. The van der Waals surface area contributed by atoms with E-state index in [0.717, 1.165) is 0 Å². The van der Waals surface area contributed by atoms with Crippen LogP contribution in [0.2, 0.25) is 0 Å². The Kier molecular flexibility index (Phi) is 6.41. The standard InChI is InChI=1S/C19H21NO5S/c1-4-26(22,23)17-9-6-15(7-10-17)20-19(21)12-5-14-13-16(24-2)8-11-18(14)25-3/h5-13H,4H2,1-3H3,(H,20,21)/b12-5+. The predicted molar refractivity (Wildman–Crippen MR) is 101 cm³/mol. The third kappa shape index (κ3) is 4.86. The molecule has 0 spiro atoms. The fourth-order valence-corrected chi connectivity index (χ4v) is 3.12. The average Bonchev–Trinajstić information content (AvgIpc) is 2.66. The largest absolute Gasteiger partial charge is 0.497 e. The normalized spacial score (nSPS) is 11.3. The minimum Gasteiger partial charge on any atom is -0.497 e. The molecule has 0 saturated heterocycles. The molecule has 0 aromatic heterocycles. The molecule has 1 amide bonds. The first-order valence-corrected chi connectivity index (χ1v) is 9.58. The van der Waals surface area contributed by atoms with Crippen LogP contribution in [0.1, 0.15) is 12.5 Å². The SMILES string of the molecule is CCS(=O)(=O)c1ccc(NC(=O)/C=C/c2cc(OC)ccc2OC)cc1. The Morgan fingerprint density at radius 2 is 1.77 bits per heavy atom. The van der Waals surface area contributed by atoms with Crippen molar-refractivity contribution in [2.75, 3.05) is 25.3 Å². The first-order valence-electron chi connectivity index (χ1n) is 7.93. The topological polar surface area (TPSA) is 81.7 Å². The average molecular weight is 375 g/mol. The van der Waals surface area contributed by atoms with Gasteiger partial charge in [0.15, 0.2) is 9.84 Å². The van der Waals surface area contributed by atoms with Crippen LogP contribution in [-0.4, -0.2) is 34.3 Å². The van der Waals surface area contributed by atoms with Crippen molar-refractivity contribution in [1.82, 2.24) is 0 Å². The molecule has 0 aliphatic heterocycles. The predicted octanol–water partition coefficient (Wildman–Crippen LogP) is 3.15. The highest BCUT2D eigenvalue weighted by Gasteiger charge is 2.11. The summed E-state index contributed by atoms with van der Waals surface area (Å²) in [6.45, 7) is 1.59. The first-order chi connectivity index (χ1) is 12.4. The molecule has 0 fully saturated rings. The lowest BCUT2D eigenvalue weighted by Crippen LogP contribution is -2.08. The van der Waals surface area contributed by atoms with Crippen molar-refractivity contribution >= 4 is 27.5 Å². The van der Waals surface area contributed by atoms with E-state index in [1.165, 1.54) is 18.2 Å². The molecule has 0 aliphatic rings. The highest BCUT2D eigenvalue weighted by Crippen LogP contribution is 2.25. The van der Waals surface area contributed by atoms with E-state index in [4.69, 9.17) is 9.47 Å². The quantitative estimate of drug-likeness (QED) is 0.752. The molecule has 2 rings (SSSR count). The highest BCUT2D eigenvalue weighted by atomic mass is 32.2. The van der Waals surface area contributed by atoms with Crippen molar-refractivity contribution in [2.45, 2.75) is 11.8 Å². The van der Waals surface area contributed by atoms with E-state index in [0.29, 0.717) is 22.7 Å². The molecule has 0 bridgehead atoms. The number of ether oxygens (including phenoxy) is 2. The van der Waals surface area contributed by atoms with Gasteiger partial charge >= 0.3 is 0 Å². The third-order valence-electron chi connectivity index (χ3n) is 3.71. The van der Waals surface area contributed by atoms with E-state index in [1.807, 2.05) is 0 Å². The van der Waals surface area contributed by atoms with Crippen molar-refractivity contribution in [1.29, 1.82) is 0 Å². The van der Waals surface area contributed by atoms with Crippen molar-refractivity contribution < 1.29 is 22.7 Å². The molecule has 2 aromatic rings. The second kappa shape index (κ2) is 8.53. The zero-order valence-electron chi connectivity index (χ0n) is 14.9. The zero-order chi connectivity index (χ0) is 19.2. The Bertz CT molecular complexity index is 902. The summed E-state index contributed by atoms with van der Waals surface area (Å²) in [5.74, 6) is 0.951. The summed E-state index contributed by atoms with van der Waals surface area (Å²) in [6, 6.07) is 11.3. The number of benzene rings is 2. The number of carbonyl (C=O) groups is 1. The number of rotatable bonds is 7. The lowest BCUT2D eigenvalue weighted by Gasteiger charge is -2.07. The molecule has 0 aliphatic carbocycles. The first kappa shape index (κ1) is 19.5. The molecular formula is C19H21NO5S. The summed E-state index contributed by atoms with van der Waals surface area (Å²) in [6.07, 6.45) is 2.99. The summed E-state index contributed by atoms with van der Waals surface area (Å²) in [5.41, 5.74) is 1.21. The van der Waals surface area contributed by atoms with Gasteiger partial charge in [-0.3, -0.25) is 4.79 Å². The molecule has 138 valence electrons. The molecule has 0 unspecified atom stereocenters. The van der Waals surface area contributed by atoms with Crippen LogP contribution in [0.25, 0.3) is 6.08 Å². The molecule has 7 heteroatoms. The molecular weight excluding hydrogens is 354 g/mol. The Morgan fingerprint density at radius 3 is 2.35 bits per heavy atom. The van der Waals surface area contributed by atoms with E-state index in [1.54, 1.807) is 57.6 Å². The van der Waals surface area contributed by atoms with Gasteiger partial charge in [-0.1, -0.05) is 6.92 Å². The van der Waals surface area contributed by atoms with Gasteiger partial charge in [0.05, 0.1) is 24.9 Å². The maximum Gasteiger partial charge on any atom is 0.248 e. The van der Waals surface area contributed by atoms with Crippen LogP contribution < -0.4 is 14.8 Å². The summed E-state index contributed by atoms with van der Waals surface area (Å²) < 4.78 is 34.0. The maximum absolute atomic E-state index is 12.1. The fraction of sp³-hybridized carbons (Fsp3) is 0.211. The van der Waals surface area contributed by atoms with Gasteiger partial charge in [-0.25, -0.2) is 8.42 Å².